The smallest absolute Gasteiger partial charge is 0.244 e. The number of benzene rings is 1. The number of sulfonamides is 1. The number of amides is 1. The number of piperidine rings is 1. The number of hydrogen-bond donors (Lipinski definition) is 1. The summed E-state index contributed by atoms with van der Waals surface area (Å²) in [5, 5.41) is 3.20. The fraction of sp³-hybridized carbons (Fsp3) is 0.682. The quantitative estimate of drug-likeness (QED) is 0.739. The average Bonchev–Trinajstić information content (AvgIpc) is 3.04. The van der Waals surface area contributed by atoms with Crippen LogP contribution in [0.15, 0.2) is 23.1 Å². The minimum absolute atomic E-state index is 0.0322. The van der Waals surface area contributed by atoms with Gasteiger partial charge in [-0.05, 0) is 56.7 Å². The first-order valence-electron chi connectivity index (χ1n) is 11.1. The number of nitrogens with one attached hydrogen (secondary N) is 1. The van der Waals surface area contributed by atoms with Crippen molar-refractivity contribution in [1.82, 2.24) is 9.21 Å². The van der Waals surface area contributed by atoms with E-state index in [0.29, 0.717) is 30.4 Å². The number of rotatable bonds is 6. The van der Waals surface area contributed by atoms with Crippen LogP contribution >= 0.6 is 0 Å². The van der Waals surface area contributed by atoms with E-state index in [-0.39, 0.29) is 10.8 Å². The Labute approximate surface area is 180 Å². The lowest BCUT2D eigenvalue weighted by Gasteiger charge is -2.32. The van der Waals surface area contributed by atoms with Crippen molar-refractivity contribution >= 4 is 21.6 Å². The van der Waals surface area contributed by atoms with E-state index in [9.17, 15) is 13.2 Å². The van der Waals surface area contributed by atoms with Crippen LogP contribution in [0.25, 0.3) is 0 Å². The molecule has 0 aliphatic carbocycles. The van der Waals surface area contributed by atoms with Crippen LogP contribution in [0.5, 0.6) is 5.75 Å². The molecule has 1 atom stereocenters. The van der Waals surface area contributed by atoms with Crippen molar-refractivity contribution in [2.24, 2.45) is 5.92 Å². The van der Waals surface area contributed by atoms with Crippen LogP contribution < -0.4 is 10.1 Å². The van der Waals surface area contributed by atoms with Gasteiger partial charge in [0, 0.05) is 26.2 Å². The van der Waals surface area contributed by atoms with Crippen LogP contribution in [-0.4, -0.2) is 62.9 Å². The fourth-order valence-electron chi connectivity index (χ4n) is 4.19. The molecule has 0 unspecified atom stereocenters. The van der Waals surface area contributed by atoms with Crippen LogP contribution in [0.2, 0.25) is 0 Å². The summed E-state index contributed by atoms with van der Waals surface area (Å²) in [4.78, 5) is 15.0. The van der Waals surface area contributed by atoms with Gasteiger partial charge in [0.05, 0.1) is 17.7 Å². The molecule has 1 N–H and O–H groups in total. The molecule has 2 aliphatic heterocycles. The van der Waals surface area contributed by atoms with Gasteiger partial charge in [0.1, 0.15) is 11.8 Å². The Bertz CT molecular complexity index is 827. The minimum atomic E-state index is -3.57. The van der Waals surface area contributed by atoms with Crippen molar-refractivity contribution in [2.75, 3.05) is 38.6 Å². The highest BCUT2D eigenvalue weighted by Crippen LogP contribution is 2.30. The van der Waals surface area contributed by atoms with Gasteiger partial charge < -0.3 is 15.0 Å². The Morgan fingerprint density at radius 3 is 2.33 bits per heavy atom. The van der Waals surface area contributed by atoms with Gasteiger partial charge in [-0.25, -0.2) is 8.42 Å². The van der Waals surface area contributed by atoms with Crippen LogP contribution in [0, 0.1) is 5.92 Å². The van der Waals surface area contributed by atoms with Crippen molar-refractivity contribution in [2.45, 2.75) is 63.3 Å². The molecule has 1 aromatic rings. The third-order valence-electron chi connectivity index (χ3n) is 6.21. The third kappa shape index (κ3) is 5.27. The lowest BCUT2D eigenvalue weighted by molar-refractivity contribution is -0.132. The maximum absolute atomic E-state index is 13.2. The average molecular weight is 438 g/mol. The summed E-state index contributed by atoms with van der Waals surface area (Å²) >= 11 is 0. The van der Waals surface area contributed by atoms with E-state index >= 15 is 0 Å². The molecule has 0 spiro atoms. The molecule has 8 heteroatoms. The molecule has 0 aromatic heterocycles. The molecular weight excluding hydrogens is 402 g/mol. The number of ether oxygens (including phenoxy) is 1. The molecule has 2 aliphatic rings. The summed E-state index contributed by atoms with van der Waals surface area (Å²) in [6, 6.07) is 4.37. The van der Waals surface area contributed by atoms with Crippen molar-refractivity contribution < 1.29 is 17.9 Å². The highest BCUT2D eigenvalue weighted by molar-refractivity contribution is 7.89. The highest BCUT2D eigenvalue weighted by atomic mass is 32.2. The first kappa shape index (κ1) is 22.9. The fourth-order valence-corrected chi connectivity index (χ4v) is 5.73. The number of nitrogens with zero attached hydrogens (tertiary/aromatic N) is 2. The molecule has 168 valence electrons. The van der Waals surface area contributed by atoms with E-state index in [1.54, 1.807) is 29.6 Å². The zero-order valence-corrected chi connectivity index (χ0v) is 19.2. The first-order valence-corrected chi connectivity index (χ1v) is 12.5. The Balaban J connectivity index is 1.78. The number of carbonyl (C=O) groups excluding carboxylic acids is 1. The Hall–Kier alpha value is -1.80. The monoisotopic (exact) mass is 437 g/mol. The molecule has 2 fully saturated rings. The first-order chi connectivity index (χ1) is 14.3. The van der Waals surface area contributed by atoms with Gasteiger partial charge in [0.25, 0.3) is 0 Å². The number of hydrogen-bond acceptors (Lipinski definition) is 5. The summed E-state index contributed by atoms with van der Waals surface area (Å²) in [5.74, 6) is 1.21. The van der Waals surface area contributed by atoms with Crippen molar-refractivity contribution in [3.05, 3.63) is 18.2 Å². The highest BCUT2D eigenvalue weighted by Gasteiger charge is 2.28. The summed E-state index contributed by atoms with van der Waals surface area (Å²) in [7, 11) is -2.03. The minimum Gasteiger partial charge on any atom is -0.495 e. The SMILES string of the molecule is COc1ccc(S(=O)(=O)N2CCCCCC2)cc1N[C@@H](C)C(=O)N1CCC(C)CC1. The van der Waals surface area contributed by atoms with Gasteiger partial charge >= 0.3 is 0 Å². The lowest BCUT2D eigenvalue weighted by atomic mass is 9.99. The Morgan fingerprint density at radius 1 is 1.10 bits per heavy atom. The predicted octanol–water partition coefficient (Wildman–Crippen LogP) is 3.32. The maximum atomic E-state index is 13.2. The molecule has 3 rings (SSSR count). The number of methoxy groups -OCH3 is 1. The van der Waals surface area contributed by atoms with E-state index < -0.39 is 16.1 Å². The van der Waals surface area contributed by atoms with Gasteiger partial charge in [-0.15, -0.1) is 0 Å². The van der Waals surface area contributed by atoms with Crippen LogP contribution in [0.4, 0.5) is 5.69 Å². The van der Waals surface area contributed by atoms with Gasteiger partial charge in [-0.2, -0.15) is 4.31 Å². The number of anilines is 1. The normalized spacial score (nSPS) is 20.4. The molecule has 0 bridgehead atoms. The van der Waals surface area contributed by atoms with Gasteiger partial charge in [0.2, 0.25) is 15.9 Å². The van der Waals surface area contributed by atoms with Crippen molar-refractivity contribution in [1.29, 1.82) is 0 Å². The van der Waals surface area contributed by atoms with Crippen molar-refractivity contribution in [3.63, 3.8) is 0 Å². The van der Waals surface area contributed by atoms with Crippen molar-refractivity contribution in [3.8, 4) is 5.75 Å². The molecule has 2 saturated heterocycles. The topological polar surface area (TPSA) is 79.0 Å². The van der Waals surface area contributed by atoms with Crippen LogP contribution in [0.3, 0.4) is 0 Å². The predicted molar refractivity (Wildman–Crippen MR) is 118 cm³/mol. The van der Waals surface area contributed by atoms with Crippen LogP contribution in [-0.2, 0) is 14.8 Å². The second kappa shape index (κ2) is 10.0. The maximum Gasteiger partial charge on any atom is 0.244 e. The molecule has 7 nitrogen and oxygen atoms in total. The largest absolute Gasteiger partial charge is 0.495 e. The second-order valence-electron chi connectivity index (χ2n) is 8.55. The zero-order valence-electron chi connectivity index (χ0n) is 18.4. The molecule has 30 heavy (non-hydrogen) atoms. The molecule has 0 radical (unpaired) electrons. The summed E-state index contributed by atoms with van der Waals surface area (Å²) in [5.41, 5.74) is 0.527. The number of likely N-dealkylation sites (tertiary alicyclic amines) is 1. The lowest BCUT2D eigenvalue weighted by Crippen LogP contribution is -2.45. The zero-order chi connectivity index (χ0) is 21.7. The molecule has 1 amide bonds. The summed E-state index contributed by atoms with van der Waals surface area (Å²) < 4.78 is 33.3. The van der Waals surface area contributed by atoms with E-state index in [1.807, 2.05) is 11.8 Å². The Kier molecular flexibility index (Phi) is 7.63. The standard InChI is InChI=1S/C22H35N3O4S/c1-17-10-14-24(15-11-17)22(26)18(2)23-20-16-19(8-9-21(20)29-3)30(27,28)25-12-6-4-5-7-13-25/h8-9,16-18,23H,4-7,10-15H2,1-3H3/t18-/m0/s1. The van der Waals surface area contributed by atoms with Gasteiger partial charge in [0.15, 0.2) is 0 Å². The molecular formula is C22H35N3O4S. The van der Waals surface area contributed by atoms with Gasteiger partial charge in [-0.3, -0.25) is 4.79 Å². The molecule has 0 saturated carbocycles. The van der Waals surface area contributed by atoms with E-state index in [0.717, 1.165) is 51.6 Å². The third-order valence-corrected chi connectivity index (χ3v) is 8.11. The van der Waals surface area contributed by atoms with Gasteiger partial charge in [-0.1, -0.05) is 19.8 Å². The molecule has 1 aromatic carbocycles. The summed E-state index contributed by atoms with van der Waals surface area (Å²) in [6.07, 6.45) is 5.95. The summed E-state index contributed by atoms with van der Waals surface area (Å²) in [6.45, 7) is 6.68. The van der Waals surface area contributed by atoms with E-state index in [1.165, 1.54) is 0 Å². The second-order valence-corrected chi connectivity index (χ2v) is 10.5. The number of carbonyl (C=O) groups is 1. The van der Waals surface area contributed by atoms with E-state index in [2.05, 4.69) is 12.2 Å². The van der Waals surface area contributed by atoms with Crippen LogP contribution in [0.1, 0.15) is 52.4 Å². The Morgan fingerprint density at radius 2 is 1.73 bits per heavy atom. The van der Waals surface area contributed by atoms with E-state index in [4.69, 9.17) is 4.74 Å². The molecule has 2 heterocycles.